The van der Waals surface area contributed by atoms with Crippen molar-refractivity contribution in [3.8, 4) is 12.1 Å². The third-order valence-corrected chi connectivity index (χ3v) is 4.23. The lowest BCUT2D eigenvalue weighted by atomic mass is 10.2. The summed E-state index contributed by atoms with van der Waals surface area (Å²) in [7, 11) is 1.47. The lowest BCUT2D eigenvalue weighted by Gasteiger charge is -2.19. The Morgan fingerprint density at radius 3 is 2.69 bits per heavy atom. The van der Waals surface area contributed by atoms with Crippen LogP contribution in [-0.4, -0.2) is 41.4 Å². The first-order valence-corrected chi connectivity index (χ1v) is 9.35. The quantitative estimate of drug-likeness (QED) is 0.194. The third-order valence-electron chi connectivity index (χ3n) is 3.47. The van der Waals surface area contributed by atoms with Gasteiger partial charge in [-0.15, -0.1) is 0 Å². The number of methoxy groups -OCH3 is 1. The summed E-state index contributed by atoms with van der Waals surface area (Å²) in [4.78, 5) is 20.4. The van der Waals surface area contributed by atoms with E-state index in [9.17, 15) is 4.79 Å². The predicted molar refractivity (Wildman–Crippen MR) is 114 cm³/mol. The Morgan fingerprint density at radius 2 is 2.03 bits per heavy atom. The summed E-state index contributed by atoms with van der Waals surface area (Å²) in [6.07, 6.45) is 3.33. The molecular weight excluding hydrogens is 439 g/mol. The molecule has 0 aliphatic rings. The van der Waals surface area contributed by atoms with Crippen LogP contribution in [0.25, 0.3) is 0 Å². The molecule has 2 aromatic rings. The molecule has 0 atom stereocenters. The Balaban J connectivity index is 2.00. The Labute approximate surface area is 182 Å². The van der Waals surface area contributed by atoms with Gasteiger partial charge in [-0.05, 0) is 36.4 Å². The molecule has 0 radical (unpaired) electrons. The van der Waals surface area contributed by atoms with E-state index in [2.05, 4.69) is 25.9 Å². The second-order valence-corrected chi connectivity index (χ2v) is 7.71. The molecule has 1 heterocycles. The monoisotopic (exact) mass is 454 g/mol. The van der Waals surface area contributed by atoms with Crippen molar-refractivity contribution in [2.45, 2.75) is 4.33 Å². The summed E-state index contributed by atoms with van der Waals surface area (Å²) in [6.45, 7) is -0.187. The average Bonchev–Trinajstić information content (AvgIpc) is 2.71. The van der Waals surface area contributed by atoms with Crippen LogP contribution in [0.15, 0.2) is 47.6 Å². The van der Waals surface area contributed by atoms with Crippen LogP contribution in [0.3, 0.4) is 0 Å². The van der Waals surface area contributed by atoms with Crippen molar-refractivity contribution in [3.05, 3.63) is 53.2 Å². The van der Waals surface area contributed by atoms with Gasteiger partial charge in [-0.1, -0.05) is 34.8 Å². The number of ether oxygens (including phenoxy) is 1. The number of amides is 1. The molecular formula is C18H17Cl3N6O2. The first-order chi connectivity index (χ1) is 13.8. The van der Waals surface area contributed by atoms with Gasteiger partial charge in [0.15, 0.2) is 10.5 Å². The number of nitrogens with zero attached hydrogens (tertiary/aromatic N) is 3. The van der Waals surface area contributed by atoms with Gasteiger partial charge in [0, 0.05) is 16.8 Å². The molecule has 0 aliphatic carbocycles. The van der Waals surface area contributed by atoms with Crippen LogP contribution < -0.4 is 20.7 Å². The number of rotatable bonds is 7. The zero-order valence-corrected chi connectivity index (χ0v) is 17.5. The van der Waals surface area contributed by atoms with E-state index in [1.165, 1.54) is 7.11 Å². The fourth-order valence-corrected chi connectivity index (χ4v) is 2.48. The number of guanidine groups is 1. The molecule has 29 heavy (non-hydrogen) atoms. The minimum Gasteiger partial charge on any atom is -0.480 e. The maximum Gasteiger partial charge on any atom is 0.251 e. The lowest BCUT2D eigenvalue weighted by molar-refractivity contribution is 0.0952. The number of nitriles is 1. The van der Waals surface area contributed by atoms with Crippen LogP contribution in [0.2, 0.25) is 5.02 Å². The number of nitrogens with one attached hydrogen (secondary N) is 3. The van der Waals surface area contributed by atoms with Gasteiger partial charge in [0.1, 0.15) is 5.69 Å². The zero-order valence-electron chi connectivity index (χ0n) is 15.2. The number of aromatic nitrogens is 1. The van der Waals surface area contributed by atoms with E-state index in [-0.39, 0.29) is 25.0 Å². The van der Waals surface area contributed by atoms with Crippen molar-refractivity contribution in [3.63, 3.8) is 0 Å². The van der Waals surface area contributed by atoms with Crippen molar-refractivity contribution >= 4 is 52.4 Å². The van der Waals surface area contributed by atoms with Crippen LogP contribution in [0, 0.1) is 11.5 Å². The van der Waals surface area contributed by atoms with Gasteiger partial charge in [-0.25, -0.2) is 9.98 Å². The van der Waals surface area contributed by atoms with Crippen molar-refractivity contribution in [1.82, 2.24) is 15.6 Å². The predicted octanol–water partition coefficient (Wildman–Crippen LogP) is 3.19. The summed E-state index contributed by atoms with van der Waals surface area (Å²) < 4.78 is 3.73. The van der Waals surface area contributed by atoms with E-state index >= 15 is 0 Å². The van der Waals surface area contributed by atoms with E-state index < -0.39 is 4.33 Å². The molecule has 8 nitrogen and oxygen atoms in total. The molecule has 0 aliphatic heterocycles. The molecule has 152 valence electrons. The molecule has 1 aromatic heterocycles. The van der Waals surface area contributed by atoms with Crippen molar-refractivity contribution in [1.29, 1.82) is 5.26 Å². The molecule has 3 N–H and O–H groups in total. The highest BCUT2D eigenvalue weighted by Crippen LogP contribution is 2.22. The number of carbonyl (C=O) groups excluding carboxylic acids is 1. The number of benzene rings is 1. The highest BCUT2D eigenvalue weighted by atomic mass is 35.5. The number of hydrogen-bond acceptors (Lipinski definition) is 5. The summed E-state index contributed by atoms with van der Waals surface area (Å²) in [5.41, 5.74) is 0.904. The summed E-state index contributed by atoms with van der Waals surface area (Å²) in [6, 6.07) is 9.76. The number of alkyl halides is 2. The van der Waals surface area contributed by atoms with Gasteiger partial charge in [-0.2, -0.15) is 5.26 Å². The summed E-state index contributed by atoms with van der Waals surface area (Å²) in [5, 5.41) is 17.4. The van der Waals surface area contributed by atoms with Crippen molar-refractivity contribution in [2.24, 2.45) is 4.99 Å². The normalized spacial score (nSPS) is 11.3. The Kier molecular flexibility index (Phi) is 8.34. The van der Waals surface area contributed by atoms with Crippen LogP contribution in [0.1, 0.15) is 10.4 Å². The van der Waals surface area contributed by atoms with Gasteiger partial charge >= 0.3 is 0 Å². The van der Waals surface area contributed by atoms with Crippen LogP contribution in [-0.2, 0) is 0 Å². The molecule has 1 aromatic carbocycles. The second kappa shape index (κ2) is 10.7. The Morgan fingerprint density at radius 1 is 1.31 bits per heavy atom. The fourth-order valence-electron chi connectivity index (χ4n) is 2.10. The standard InChI is InChI=1S/C18H17Cl3N6O2/c1-29-16-14(3-2-8-23-16)27-17(26-11-22)25-10-18(20,21)9-24-15(28)12-4-6-13(19)7-5-12/h2-8H,9-10H2,1H3,(H,24,28)(H2,25,26,27). The smallest absolute Gasteiger partial charge is 0.251 e. The molecule has 0 bridgehead atoms. The van der Waals surface area contributed by atoms with E-state index in [0.717, 1.165) is 0 Å². The molecule has 0 unspecified atom stereocenters. The molecule has 0 saturated carbocycles. The SMILES string of the molecule is COc1ncccc1NC(=NCC(Cl)(Cl)CNC(=O)c1ccc(Cl)cc1)NC#N. The average molecular weight is 456 g/mol. The number of aliphatic imine (C=N–C) groups is 1. The lowest BCUT2D eigenvalue weighted by Crippen LogP contribution is -2.38. The molecule has 0 spiro atoms. The second-order valence-electron chi connectivity index (χ2n) is 5.63. The molecule has 2 rings (SSSR count). The van der Waals surface area contributed by atoms with Gasteiger partial charge in [0.05, 0.1) is 20.2 Å². The number of pyridine rings is 1. The van der Waals surface area contributed by atoms with Crippen molar-refractivity contribution in [2.75, 3.05) is 25.5 Å². The summed E-state index contributed by atoms with van der Waals surface area (Å²) >= 11 is 18.3. The number of carbonyl (C=O) groups is 1. The topological polar surface area (TPSA) is 111 Å². The minimum absolute atomic E-state index is 0.0723. The number of halogens is 3. The first kappa shape index (κ1) is 22.6. The largest absolute Gasteiger partial charge is 0.480 e. The number of hydrogen-bond donors (Lipinski definition) is 3. The highest BCUT2D eigenvalue weighted by Gasteiger charge is 2.25. The minimum atomic E-state index is -1.41. The molecule has 0 saturated heterocycles. The Hall–Kier alpha value is -2.73. The third kappa shape index (κ3) is 7.31. The van der Waals surface area contributed by atoms with Crippen molar-refractivity contribution < 1.29 is 9.53 Å². The van der Waals surface area contributed by atoms with Crippen LogP contribution in [0.4, 0.5) is 5.69 Å². The van der Waals surface area contributed by atoms with E-state index in [4.69, 9.17) is 44.8 Å². The molecule has 0 fully saturated rings. The van der Waals surface area contributed by atoms with E-state index in [1.54, 1.807) is 48.8 Å². The van der Waals surface area contributed by atoms with Crippen LogP contribution in [0.5, 0.6) is 5.88 Å². The van der Waals surface area contributed by atoms with E-state index in [0.29, 0.717) is 22.2 Å². The van der Waals surface area contributed by atoms with Gasteiger partial charge in [-0.3, -0.25) is 10.1 Å². The summed E-state index contributed by atoms with van der Waals surface area (Å²) in [5.74, 6) is 0.0524. The zero-order chi connectivity index (χ0) is 21.3. The van der Waals surface area contributed by atoms with Gasteiger partial charge in [0.2, 0.25) is 11.8 Å². The van der Waals surface area contributed by atoms with E-state index in [1.807, 2.05) is 0 Å². The van der Waals surface area contributed by atoms with Gasteiger partial charge < -0.3 is 15.4 Å². The highest BCUT2D eigenvalue weighted by molar-refractivity contribution is 6.49. The fraction of sp³-hybridized carbons (Fsp3) is 0.222. The van der Waals surface area contributed by atoms with Crippen LogP contribution >= 0.6 is 34.8 Å². The molecule has 1 amide bonds. The first-order valence-electron chi connectivity index (χ1n) is 8.22. The van der Waals surface area contributed by atoms with Gasteiger partial charge in [0.25, 0.3) is 5.91 Å². The maximum absolute atomic E-state index is 12.2. The maximum atomic E-state index is 12.2. The Bertz CT molecular complexity index is 913. The number of anilines is 1. The molecule has 11 heteroatoms.